The van der Waals surface area contributed by atoms with Crippen LogP contribution in [0.3, 0.4) is 0 Å². The minimum absolute atomic E-state index is 0.0326. The molecule has 2 aromatic carbocycles. The summed E-state index contributed by atoms with van der Waals surface area (Å²) in [6.45, 7) is 0.0326. The summed E-state index contributed by atoms with van der Waals surface area (Å²) < 4.78 is 18.4. The highest BCUT2D eigenvalue weighted by Gasteiger charge is 2.33. The molecule has 0 bridgehead atoms. The Morgan fingerprint density at radius 3 is 2.62 bits per heavy atom. The Kier molecular flexibility index (Phi) is 4.94. The van der Waals surface area contributed by atoms with Crippen LogP contribution in [0.4, 0.5) is 9.18 Å². The lowest BCUT2D eigenvalue weighted by molar-refractivity contribution is -0.123. The van der Waals surface area contributed by atoms with Gasteiger partial charge in [-0.1, -0.05) is 12.1 Å². The van der Waals surface area contributed by atoms with Crippen molar-refractivity contribution >= 4 is 33.9 Å². The Balaban J connectivity index is 1.85. The Morgan fingerprint density at radius 2 is 1.96 bits per heavy atom. The van der Waals surface area contributed by atoms with Gasteiger partial charge < -0.3 is 15.2 Å². The van der Waals surface area contributed by atoms with Gasteiger partial charge >= 0.3 is 6.03 Å². The number of phenols is 1. The van der Waals surface area contributed by atoms with Gasteiger partial charge in [0.15, 0.2) is 11.5 Å². The minimum atomic E-state index is -0.560. The van der Waals surface area contributed by atoms with Crippen LogP contribution in [-0.2, 0) is 11.3 Å². The summed E-state index contributed by atoms with van der Waals surface area (Å²) in [5, 5.41) is 12.3. The molecule has 1 aliphatic heterocycles. The van der Waals surface area contributed by atoms with Crippen molar-refractivity contribution < 1.29 is 23.8 Å². The number of nitrogens with one attached hydrogen (secondary N) is 1. The molecular weight excluding hydrogens is 407 g/mol. The average molecular weight is 421 g/mol. The van der Waals surface area contributed by atoms with Gasteiger partial charge in [0.05, 0.1) is 18.1 Å². The molecule has 0 saturated carbocycles. The highest BCUT2D eigenvalue weighted by molar-refractivity contribution is 9.10. The maximum absolute atomic E-state index is 13.0. The topological polar surface area (TPSA) is 78.9 Å². The number of imide groups is 1. The summed E-state index contributed by atoms with van der Waals surface area (Å²) in [6, 6.07) is 8.13. The van der Waals surface area contributed by atoms with Gasteiger partial charge in [-0.3, -0.25) is 9.69 Å². The van der Waals surface area contributed by atoms with Crippen LogP contribution in [0.2, 0.25) is 0 Å². The number of ether oxygens (including phenoxy) is 1. The predicted molar refractivity (Wildman–Crippen MR) is 95.8 cm³/mol. The summed E-state index contributed by atoms with van der Waals surface area (Å²) in [5.74, 6) is -0.721. The van der Waals surface area contributed by atoms with E-state index in [-0.39, 0.29) is 23.7 Å². The third-order valence-corrected chi connectivity index (χ3v) is 4.40. The van der Waals surface area contributed by atoms with Crippen molar-refractivity contribution in [3.63, 3.8) is 0 Å². The number of hydrogen-bond donors (Lipinski definition) is 2. The van der Waals surface area contributed by atoms with E-state index in [4.69, 9.17) is 4.74 Å². The van der Waals surface area contributed by atoms with Gasteiger partial charge in [-0.2, -0.15) is 0 Å². The Hall–Kier alpha value is -2.87. The number of amides is 3. The number of phenolic OH excluding ortho intramolecular Hbond substituents is 1. The van der Waals surface area contributed by atoms with E-state index in [1.54, 1.807) is 6.07 Å². The third kappa shape index (κ3) is 3.55. The van der Waals surface area contributed by atoms with Crippen molar-refractivity contribution in [2.45, 2.75) is 6.54 Å². The SMILES string of the molecule is COc1cc(/C=C2/NC(=O)N(Cc3ccc(F)cc3)C2=O)cc(Br)c1O. The van der Waals surface area contributed by atoms with Gasteiger partial charge in [-0.25, -0.2) is 9.18 Å². The highest BCUT2D eigenvalue weighted by atomic mass is 79.9. The quantitative estimate of drug-likeness (QED) is 0.586. The van der Waals surface area contributed by atoms with E-state index < -0.39 is 17.8 Å². The lowest BCUT2D eigenvalue weighted by atomic mass is 10.1. The van der Waals surface area contributed by atoms with E-state index >= 15 is 0 Å². The van der Waals surface area contributed by atoms with Crippen LogP contribution in [0.5, 0.6) is 11.5 Å². The maximum Gasteiger partial charge on any atom is 0.329 e. The zero-order chi connectivity index (χ0) is 18.8. The molecule has 2 aromatic rings. The Morgan fingerprint density at radius 1 is 1.27 bits per heavy atom. The predicted octanol–water partition coefficient (Wildman–Crippen LogP) is 3.40. The number of aromatic hydroxyl groups is 1. The number of rotatable bonds is 4. The first-order chi connectivity index (χ1) is 12.4. The van der Waals surface area contributed by atoms with Crippen LogP contribution in [0.25, 0.3) is 6.08 Å². The standard InChI is InChI=1S/C18H14BrFN2O4/c1-26-15-8-11(6-13(19)16(15)23)7-14-17(24)22(18(25)21-14)9-10-2-4-12(20)5-3-10/h2-8,23H,9H2,1H3,(H,21,25)/b14-7+. The summed E-state index contributed by atoms with van der Waals surface area (Å²) in [5.41, 5.74) is 1.28. The molecule has 0 spiro atoms. The van der Waals surface area contributed by atoms with E-state index in [9.17, 15) is 19.1 Å². The molecule has 3 rings (SSSR count). The fourth-order valence-electron chi connectivity index (χ4n) is 2.49. The zero-order valence-corrected chi connectivity index (χ0v) is 15.2. The first-order valence-corrected chi connectivity index (χ1v) is 8.34. The van der Waals surface area contributed by atoms with Crippen LogP contribution >= 0.6 is 15.9 Å². The number of methoxy groups -OCH3 is 1. The van der Waals surface area contributed by atoms with Gasteiger partial charge in [0, 0.05) is 0 Å². The van der Waals surface area contributed by atoms with Crippen LogP contribution in [0.15, 0.2) is 46.6 Å². The van der Waals surface area contributed by atoms with Crippen molar-refractivity contribution in [1.29, 1.82) is 0 Å². The molecule has 1 fully saturated rings. The first-order valence-electron chi connectivity index (χ1n) is 7.54. The normalized spacial score (nSPS) is 15.5. The average Bonchev–Trinajstić information content (AvgIpc) is 2.87. The summed E-state index contributed by atoms with van der Waals surface area (Å²) in [6.07, 6.45) is 1.48. The second-order valence-corrected chi connectivity index (χ2v) is 6.41. The summed E-state index contributed by atoms with van der Waals surface area (Å²) in [7, 11) is 1.41. The van der Waals surface area contributed by atoms with Crippen molar-refractivity contribution in [3.05, 3.63) is 63.5 Å². The number of halogens is 2. The van der Waals surface area contributed by atoms with Gasteiger partial charge in [-0.05, 0) is 57.4 Å². The minimum Gasteiger partial charge on any atom is -0.503 e. The molecule has 1 saturated heterocycles. The summed E-state index contributed by atoms with van der Waals surface area (Å²) >= 11 is 3.20. The smallest absolute Gasteiger partial charge is 0.329 e. The van der Waals surface area contributed by atoms with E-state index in [0.717, 1.165) is 4.90 Å². The Labute approximate surface area is 157 Å². The molecule has 8 heteroatoms. The number of carbonyl (C=O) groups is 2. The van der Waals surface area contributed by atoms with Crippen molar-refractivity contribution in [2.24, 2.45) is 0 Å². The largest absolute Gasteiger partial charge is 0.503 e. The number of urea groups is 1. The molecule has 6 nitrogen and oxygen atoms in total. The molecule has 3 amide bonds. The van der Waals surface area contributed by atoms with E-state index in [1.807, 2.05) is 0 Å². The lowest BCUT2D eigenvalue weighted by Crippen LogP contribution is -2.30. The van der Waals surface area contributed by atoms with E-state index in [0.29, 0.717) is 15.6 Å². The van der Waals surface area contributed by atoms with Gasteiger partial charge in [0.2, 0.25) is 0 Å². The fourth-order valence-corrected chi connectivity index (χ4v) is 2.95. The van der Waals surface area contributed by atoms with Gasteiger partial charge in [0.25, 0.3) is 5.91 Å². The number of hydrogen-bond acceptors (Lipinski definition) is 4. The molecule has 0 radical (unpaired) electrons. The zero-order valence-electron chi connectivity index (χ0n) is 13.6. The molecule has 0 aromatic heterocycles. The maximum atomic E-state index is 13.0. The summed E-state index contributed by atoms with van der Waals surface area (Å²) in [4.78, 5) is 25.6. The van der Waals surface area contributed by atoms with Crippen molar-refractivity contribution in [1.82, 2.24) is 10.2 Å². The molecule has 134 valence electrons. The second kappa shape index (κ2) is 7.17. The molecule has 1 heterocycles. The Bertz CT molecular complexity index is 912. The molecule has 1 aliphatic rings. The monoisotopic (exact) mass is 420 g/mol. The van der Waals surface area contributed by atoms with Crippen LogP contribution in [-0.4, -0.2) is 29.1 Å². The molecule has 0 aliphatic carbocycles. The van der Waals surface area contributed by atoms with E-state index in [1.165, 1.54) is 43.5 Å². The van der Waals surface area contributed by atoms with Crippen LogP contribution < -0.4 is 10.1 Å². The van der Waals surface area contributed by atoms with Crippen molar-refractivity contribution in [3.8, 4) is 11.5 Å². The number of benzene rings is 2. The first kappa shape index (κ1) is 17.9. The van der Waals surface area contributed by atoms with Gasteiger partial charge in [0.1, 0.15) is 11.5 Å². The van der Waals surface area contributed by atoms with Crippen LogP contribution in [0, 0.1) is 5.82 Å². The lowest BCUT2D eigenvalue weighted by Gasteiger charge is -2.11. The number of nitrogens with zero attached hydrogens (tertiary/aromatic N) is 1. The second-order valence-electron chi connectivity index (χ2n) is 5.56. The highest BCUT2D eigenvalue weighted by Crippen LogP contribution is 2.36. The van der Waals surface area contributed by atoms with Gasteiger partial charge in [-0.15, -0.1) is 0 Å². The van der Waals surface area contributed by atoms with E-state index in [2.05, 4.69) is 21.2 Å². The molecule has 2 N–H and O–H groups in total. The number of carbonyl (C=O) groups excluding carboxylic acids is 2. The van der Waals surface area contributed by atoms with Crippen LogP contribution in [0.1, 0.15) is 11.1 Å². The molecule has 26 heavy (non-hydrogen) atoms. The molecule has 0 unspecified atom stereocenters. The fraction of sp³-hybridized carbons (Fsp3) is 0.111. The molecular formula is C18H14BrFN2O4. The third-order valence-electron chi connectivity index (χ3n) is 3.80. The molecule has 0 atom stereocenters. The van der Waals surface area contributed by atoms with Crippen molar-refractivity contribution in [2.75, 3.05) is 7.11 Å².